The van der Waals surface area contributed by atoms with Crippen LogP contribution in [0.25, 0.3) is 0 Å². The summed E-state index contributed by atoms with van der Waals surface area (Å²) in [6.45, 7) is 0. The van der Waals surface area contributed by atoms with Gasteiger partial charge in [-0.2, -0.15) is 0 Å². The lowest BCUT2D eigenvalue weighted by Crippen LogP contribution is -2.40. The zero-order valence-electron chi connectivity index (χ0n) is 7.82. The van der Waals surface area contributed by atoms with Gasteiger partial charge in [-0.05, 0) is 36.7 Å². The third kappa shape index (κ3) is 5.65. The summed E-state index contributed by atoms with van der Waals surface area (Å²) in [4.78, 5) is 0. The Hall–Kier alpha value is 1.64. The van der Waals surface area contributed by atoms with Crippen LogP contribution in [-0.2, 0) is 0 Å². The van der Waals surface area contributed by atoms with E-state index in [-0.39, 0.29) is 6.21 Å². The molecule has 0 amide bonds. The highest BCUT2D eigenvalue weighted by atomic mass is 32.0. The molecular weight excluding hydrogens is 192 g/mol. The molecule has 0 heterocycles. The Bertz CT molecular complexity index is 133. The van der Waals surface area contributed by atoms with Gasteiger partial charge in [0.1, 0.15) is 0 Å². The van der Waals surface area contributed by atoms with E-state index < -0.39 is 26.2 Å². The van der Waals surface area contributed by atoms with Gasteiger partial charge < -0.3 is 15.5 Å². The van der Waals surface area contributed by atoms with E-state index in [1.807, 2.05) is 0 Å². The Labute approximate surface area is 102 Å². The SMILES string of the molecule is [B][B]B([P-]P(B([B])[B])B([B])[B])B([B])[B]. The summed E-state index contributed by atoms with van der Waals surface area (Å²) < 4.78 is 0. The van der Waals surface area contributed by atoms with Gasteiger partial charge >= 0.3 is 0 Å². The van der Waals surface area contributed by atoms with Crippen LogP contribution < -0.4 is 0 Å². The number of rotatable bonds is 6. The van der Waals surface area contributed by atoms with Gasteiger partial charge in [0.15, 0.2) is 0 Å². The van der Waals surface area contributed by atoms with Crippen molar-refractivity contribution >= 4 is 102 Å². The van der Waals surface area contributed by atoms with Crippen molar-refractivity contribution in [3.8, 4) is 0 Å². The molecule has 0 aliphatic carbocycles. The topological polar surface area (TPSA) is 0 Å². The maximum Gasteiger partial charge on any atom is 0.0324 e. The molecular formula is B12P2-. The summed E-state index contributed by atoms with van der Waals surface area (Å²) in [6, 6.07) is 0. The van der Waals surface area contributed by atoms with Gasteiger partial charge in [0.25, 0.3) is 0 Å². The first-order chi connectivity index (χ1) is 6.40. The molecule has 0 spiro atoms. The first kappa shape index (κ1) is 15.6. The van der Waals surface area contributed by atoms with E-state index in [2.05, 4.69) is 0 Å². The van der Waals surface area contributed by atoms with Crippen molar-refractivity contribution in [1.82, 2.24) is 0 Å². The third-order valence-electron chi connectivity index (χ3n) is 1.47. The molecule has 0 unspecified atom stereocenters. The van der Waals surface area contributed by atoms with Crippen LogP contribution >= 0.6 is 15.5 Å². The smallest absolute Gasteiger partial charge is 0.0324 e. The molecule has 0 bridgehead atoms. The molecule has 0 saturated carbocycles. The average molecular weight is 192 g/mol. The van der Waals surface area contributed by atoms with Crippen LogP contribution in [0.1, 0.15) is 0 Å². The Morgan fingerprint density at radius 1 is 0.929 bits per heavy atom. The minimum Gasteiger partial charge on any atom is -0.573 e. The normalized spacial score (nSPS) is 10.4. The van der Waals surface area contributed by atoms with E-state index in [0.717, 1.165) is 8.15 Å². The molecule has 0 saturated heterocycles. The molecule has 0 rings (SSSR count). The molecule has 0 aromatic carbocycles. The van der Waals surface area contributed by atoms with Crippen LogP contribution in [0.2, 0.25) is 0 Å². The predicted octanol–water partition coefficient (Wildman–Crippen LogP) is -2.85. The van der Waals surface area contributed by atoms with E-state index in [9.17, 15) is 0 Å². The molecule has 0 nitrogen and oxygen atoms in total. The summed E-state index contributed by atoms with van der Waals surface area (Å²) in [5, 5.41) is 0. The Balaban J connectivity index is 4.26. The lowest BCUT2D eigenvalue weighted by atomic mass is 8.90. The van der Waals surface area contributed by atoms with Gasteiger partial charge in [0, 0.05) is 43.4 Å². The van der Waals surface area contributed by atoms with Crippen molar-refractivity contribution < 1.29 is 0 Å². The van der Waals surface area contributed by atoms with Crippen LogP contribution in [0.3, 0.4) is 0 Å². The fraction of sp³-hybridized carbons (Fsp3) is 0. The van der Waals surface area contributed by atoms with E-state index in [1.165, 1.54) is 7.06 Å². The summed E-state index contributed by atoms with van der Waals surface area (Å²) >= 11 is 0. The molecule has 0 aliphatic rings. The van der Waals surface area contributed by atoms with Gasteiger partial charge in [0.2, 0.25) is 0 Å². The van der Waals surface area contributed by atoms with Crippen molar-refractivity contribution in [3.05, 3.63) is 0 Å². The van der Waals surface area contributed by atoms with Crippen LogP contribution in [0.5, 0.6) is 0 Å². The van der Waals surface area contributed by atoms with Crippen LogP contribution in [0, 0.1) is 0 Å². The number of hydrogen-bond donors (Lipinski definition) is 0. The fourth-order valence-electron chi connectivity index (χ4n) is 0.750. The Morgan fingerprint density at radius 2 is 1.36 bits per heavy atom. The lowest BCUT2D eigenvalue weighted by molar-refractivity contribution is 3.73. The van der Waals surface area contributed by atoms with Gasteiger partial charge in [-0.1, -0.05) is 0 Å². The van der Waals surface area contributed by atoms with Crippen molar-refractivity contribution in [2.24, 2.45) is 0 Å². The third-order valence-corrected chi connectivity index (χ3v) is 6.94. The van der Waals surface area contributed by atoms with Crippen molar-refractivity contribution in [1.29, 1.82) is 0 Å². The van der Waals surface area contributed by atoms with E-state index >= 15 is 0 Å². The van der Waals surface area contributed by atoms with E-state index in [1.54, 1.807) is 0 Å². The van der Waals surface area contributed by atoms with Crippen LogP contribution in [0.15, 0.2) is 0 Å². The van der Waals surface area contributed by atoms with Crippen LogP contribution in [-0.4, -0.2) is 86.2 Å². The highest BCUT2D eigenvalue weighted by Gasteiger charge is 2.12. The molecule has 14 heavy (non-hydrogen) atoms. The summed E-state index contributed by atoms with van der Waals surface area (Å²) in [5.41, 5.74) is 0. The predicted molar refractivity (Wildman–Crippen MR) is 82.9 cm³/mol. The molecule has 47 valence electrons. The molecule has 0 aliphatic heterocycles. The highest BCUT2D eigenvalue weighted by molar-refractivity contribution is 8.65. The van der Waals surface area contributed by atoms with Crippen molar-refractivity contribution in [2.75, 3.05) is 0 Å². The largest absolute Gasteiger partial charge is 0.573 e. The Kier molecular flexibility index (Phi) is 8.76. The van der Waals surface area contributed by atoms with Gasteiger partial charge in [-0.15, -0.1) is 6.21 Å². The fourth-order valence-corrected chi connectivity index (χ4v) is 4.54. The second kappa shape index (κ2) is 7.84. The zero-order valence-corrected chi connectivity index (χ0v) is 9.61. The molecule has 0 N–H and O–H groups in total. The summed E-state index contributed by atoms with van der Waals surface area (Å²) in [6.07, 6.45) is -1.84. The maximum atomic E-state index is 5.54. The average Bonchev–Trinajstić information content (AvgIpc) is 2.03. The molecule has 0 atom stereocenters. The highest BCUT2D eigenvalue weighted by Crippen LogP contribution is 2.57. The molecule has 14 heteroatoms. The summed E-state index contributed by atoms with van der Waals surface area (Å²) in [7, 11) is 39.9. The quantitative estimate of drug-likeness (QED) is 0.313. The number of hydrogen-bond acceptors (Lipinski definition) is 0. The van der Waals surface area contributed by atoms with Crippen molar-refractivity contribution in [3.63, 3.8) is 0 Å². The second-order valence-electron chi connectivity index (χ2n) is 2.74. The monoisotopic (exact) mass is 194 g/mol. The van der Waals surface area contributed by atoms with Gasteiger partial charge in [-0.3, -0.25) is 0 Å². The molecule has 0 aromatic heterocycles. The zero-order chi connectivity index (χ0) is 11.3. The molecule has 0 fully saturated rings. The molecule has 15 radical (unpaired) electrons. The summed E-state index contributed by atoms with van der Waals surface area (Å²) in [5.74, 6) is 0. The first-order valence-electron chi connectivity index (χ1n) is 3.97. The minimum atomic E-state index is -0.944. The van der Waals surface area contributed by atoms with Gasteiger partial charge in [-0.25, -0.2) is 0 Å². The van der Waals surface area contributed by atoms with Crippen molar-refractivity contribution in [2.45, 2.75) is 0 Å². The Morgan fingerprint density at radius 3 is 1.57 bits per heavy atom. The first-order valence-corrected chi connectivity index (χ1v) is 7.12. The standard InChI is InChI=1S/B12P2/c1-8-12(9(2)3)13-14(10(4)5)11(6)7/q-1. The van der Waals surface area contributed by atoms with Crippen LogP contribution in [0.4, 0.5) is 0 Å². The maximum absolute atomic E-state index is 5.54. The van der Waals surface area contributed by atoms with E-state index in [4.69, 9.17) is 54.2 Å². The molecule has 0 aromatic rings. The van der Waals surface area contributed by atoms with E-state index in [0.29, 0.717) is 0 Å². The minimum absolute atomic E-state index is 0.190. The lowest BCUT2D eigenvalue weighted by Gasteiger charge is -2.47. The van der Waals surface area contributed by atoms with Gasteiger partial charge in [0.05, 0.1) is 0 Å². The second-order valence-corrected chi connectivity index (χ2v) is 7.60.